The molecule has 1 heterocycles. The number of allylic oxidation sites excluding steroid dienone is 2. The van der Waals surface area contributed by atoms with Gasteiger partial charge in [0.15, 0.2) is 0 Å². The van der Waals surface area contributed by atoms with Crippen molar-refractivity contribution in [2.75, 3.05) is 0 Å². The van der Waals surface area contributed by atoms with Crippen LogP contribution in [0.2, 0.25) is 0 Å². The van der Waals surface area contributed by atoms with Crippen LogP contribution in [-0.4, -0.2) is 6.18 Å². The Hall–Kier alpha value is -0.930. The van der Waals surface area contributed by atoms with Crippen molar-refractivity contribution in [2.45, 2.75) is 13.1 Å². The fourth-order valence-electron chi connectivity index (χ4n) is 0.755. The zero-order valence-corrected chi connectivity index (χ0v) is 5.87. The Labute approximate surface area is 62.6 Å². The van der Waals surface area contributed by atoms with Crippen molar-refractivity contribution in [3.63, 3.8) is 0 Å². The van der Waals surface area contributed by atoms with Crippen LogP contribution >= 0.6 is 0 Å². The topological polar surface area (TPSA) is 12.0 Å². The van der Waals surface area contributed by atoms with Crippen molar-refractivity contribution in [3.8, 4) is 0 Å². The van der Waals surface area contributed by atoms with Gasteiger partial charge >= 0.3 is 6.18 Å². The Morgan fingerprint density at radius 2 is 1.91 bits per heavy atom. The molecule has 0 saturated heterocycles. The maximum Gasteiger partial charge on any atom is 0.414 e. The van der Waals surface area contributed by atoms with Crippen LogP contribution in [0, 0.1) is 6.42 Å². The normalized spacial score (nSPS) is 18.5. The van der Waals surface area contributed by atoms with Crippen molar-refractivity contribution in [3.05, 3.63) is 30.0 Å². The number of alkyl halides is 3. The predicted octanol–water partition coefficient (Wildman–Crippen LogP) is 2.14. The van der Waals surface area contributed by atoms with Crippen LogP contribution in [0.3, 0.4) is 0 Å². The van der Waals surface area contributed by atoms with E-state index in [0.717, 1.165) is 12.6 Å². The Morgan fingerprint density at radius 1 is 1.27 bits per heavy atom. The fourth-order valence-corrected chi connectivity index (χ4v) is 0.755. The lowest BCUT2D eigenvalue weighted by Crippen LogP contribution is -2.18. The summed E-state index contributed by atoms with van der Waals surface area (Å²) in [5.74, 6) is 0. The zero-order valence-electron chi connectivity index (χ0n) is 5.87. The summed E-state index contributed by atoms with van der Waals surface area (Å²) >= 11 is 0. The van der Waals surface area contributed by atoms with E-state index >= 15 is 0 Å². The molecule has 0 saturated carbocycles. The lowest BCUT2D eigenvalue weighted by atomic mass is 10.1. The van der Waals surface area contributed by atoms with Crippen LogP contribution in [0.4, 0.5) is 13.2 Å². The number of nitrogens with one attached hydrogen (secondary N) is 1. The lowest BCUT2D eigenvalue weighted by Gasteiger charge is -2.15. The Morgan fingerprint density at radius 3 is 2.27 bits per heavy atom. The summed E-state index contributed by atoms with van der Waals surface area (Å²) in [4.78, 5) is 0. The van der Waals surface area contributed by atoms with Gasteiger partial charge in [-0.25, -0.2) is 0 Å². The summed E-state index contributed by atoms with van der Waals surface area (Å²) < 4.78 is 35.8. The summed E-state index contributed by atoms with van der Waals surface area (Å²) in [5, 5.41) is 2.42. The van der Waals surface area contributed by atoms with Gasteiger partial charge in [0.25, 0.3) is 0 Å². The molecule has 0 amide bonds. The Bertz CT molecular complexity index is 212. The molecule has 1 N–H and O–H groups in total. The first-order chi connectivity index (χ1) is 5.00. The highest BCUT2D eigenvalue weighted by Gasteiger charge is 2.34. The summed E-state index contributed by atoms with van der Waals surface area (Å²) in [6.45, 7) is 1.60. The highest BCUT2D eigenvalue weighted by Crippen LogP contribution is 2.30. The smallest absolute Gasteiger partial charge is 0.367 e. The fraction of sp³-hybridized carbons (Fsp3) is 0.286. The molecule has 1 aliphatic heterocycles. The van der Waals surface area contributed by atoms with E-state index in [-0.39, 0.29) is 0 Å². The summed E-state index contributed by atoms with van der Waals surface area (Å²) in [7, 11) is 0. The zero-order chi connectivity index (χ0) is 8.48. The number of rotatable bonds is 0. The molecule has 0 aromatic heterocycles. The van der Waals surface area contributed by atoms with Gasteiger partial charge in [-0.15, -0.1) is 0 Å². The number of halogens is 3. The van der Waals surface area contributed by atoms with Gasteiger partial charge in [-0.3, -0.25) is 0 Å². The lowest BCUT2D eigenvalue weighted by molar-refractivity contribution is -0.0900. The molecule has 61 valence electrons. The molecule has 0 atom stereocenters. The molecule has 1 aliphatic rings. The van der Waals surface area contributed by atoms with Gasteiger partial charge in [0, 0.05) is 18.8 Å². The highest BCUT2D eigenvalue weighted by atomic mass is 19.4. The molecule has 4 heteroatoms. The van der Waals surface area contributed by atoms with Crippen LogP contribution in [0.25, 0.3) is 0 Å². The maximum atomic E-state index is 11.9. The summed E-state index contributed by atoms with van der Waals surface area (Å²) in [6, 6.07) is 0. The van der Waals surface area contributed by atoms with Gasteiger partial charge in [-0.1, -0.05) is 0 Å². The Balaban J connectivity index is 2.70. The van der Waals surface area contributed by atoms with E-state index in [1.165, 1.54) is 6.20 Å². The molecule has 0 spiro atoms. The molecule has 0 fully saturated rings. The standard InChI is InChI=1S/C7H7F3N/c1-5-2-6(4-11-3-5)7(8,9)10/h2-4,11H,1H3. The third-order valence-corrected chi connectivity index (χ3v) is 1.26. The minimum atomic E-state index is -4.25. The van der Waals surface area contributed by atoms with Gasteiger partial charge < -0.3 is 5.32 Å². The number of hydrogen-bond acceptors (Lipinski definition) is 1. The molecule has 11 heavy (non-hydrogen) atoms. The maximum absolute atomic E-state index is 11.9. The Kier molecular flexibility index (Phi) is 1.93. The largest absolute Gasteiger partial charge is 0.414 e. The summed E-state index contributed by atoms with van der Waals surface area (Å²) in [6.07, 6.45) is -0.707. The second-order valence-corrected chi connectivity index (χ2v) is 2.30. The van der Waals surface area contributed by atoms with E-state index < -0.39 is 11.7 Å². The molecule has 0 bridgehead atoms. The first-order valence-corrected chi connectivity index (χ1v) is 3.05. The first kappa shape index (κ1) is 8.17. The van der Waals surface area contributed by atoms with Gasteiger partial charge in [0.2, 0.25) is 0 Å². The van der Waals surface area contributed by atoms with Crippen LogP contribution in [-0.2, 0) is 0 Å². The van der Waals surface area contributed by atoms with Crippen LogP contribution in [0.15, 0.2) is 23.5 Å². The van der Waals surface area contributed by atoms with E-state index in [1.807, 2.05) is 0 Å². The van der Waals surface area contributed by atoms with E-state index in [0.29, 0.717) is 5.57 Å². The first-order valence-electron chi connectivity index (χ1n) is 3.05. The van der Waals surface area contributed by atoms with Gasteiger partial charge in [-0.05, 0) is 12.5 Å². The van der Waals surface area contributed by atoms with Crippen LogP contribution < -0.4 is 5.32 Å². The van der Waals surface area contributed by atoms with E-state index in [4.69, 9.17) is 0 Å². The number of dihydropyridines is 1. The third kappa shape index (κ3) is 2.00. The van der Waals surface area contributed by atoms with Crippen molar-refractivity contribution < 1.29 is 13.2 Å². The predicted molar refractivity (Wildman–Crippen MR) is 35.3 cm³/mol. The molecule has 1 rings (SSSR count). The molecule has 1 nitrogen and oxygen atoms in total. The molecular formula is C7H7F3N. The molecule has 0 aromatic rings. The summed E-state index contributed by atoms with van der Waals surface area (Å²) in [5.41, 5.74) is -0.0719. The van der Waals surface area contributed by atoms with Crippen molar-refractivity contribution in [2.24, 2.45) is 0 Å². The van der Waals surface area contributed by atoms with E-state index in [1.54, 1.807) is 6.92 Å². The van der Waals surface area contributed by atoms with Gasteiger partial charge in [-0.2, -0.15) is 13.2 Å². The number of hydrogen-bond donors (Lipinski definition) is 1. The van der Waals surface area contributed by atoms with Crippen LogP contribution in [0.5, 0.6) is 0 Å². The molecule has 1 radical (unpaired) electrons. The quantitative estimate of drug-likeness (QED) is 0.575. The van der Waals surface area contributed by atoms with Gasteiger partial charge in [0.05, 0.1) is 5.57 Å². The molecule has 0 unspecified atom stereocenters. The minimum absolute atomic E-state index is 0.569. The molecule has 0 aliphatic carbocycles. The van der Waals surface area contributed by atoms with Crippen LogP contribution in [0.1, 0.15) is 6.92 Å². The van der Waals surface area contributed by atoms with Gasteiger partial charge in [0.1, 0.15) is 0 Å². The molecule has 0 aromatic carbocycles. The minimum Gasteiger partial charge on any atom is -0.367 e. The second kappa shape index (κ2) is 2.60. The van der Waals surface area contributed by atoms with Crippen molar-refractivity contribution in [1.82, 2.24) is 5.32 Å². The second-order valence-electron chi connectivity index (χ2n) is 2.30. The van der Waals surface area contributed by atoms with Crippen molar-refractivity contribution >= 4 is 0 Å². The van der Waals surface area contributed by atoms with Crippen molar-refractivity contribution in [1.29, 1.82) is 0 Å². The average Bonchev–Trinajstić information content (AvgIpc) is 1.86. The monoisotopic (exact) mass is 162 g/mol. The average molecular weight is 162 g/mol. The van der Waals surface area contributed by atoms with E-state index in [9.17, 15) is 13.2 Å². The highest BCUT2D eigenvalue weighted by molar-refractivity contribution is 5.34. The molecular weight excluding hydrogens is 155 g/mol. The van der Waals surface area contributed by atoms with E-state index in [2.05, 4.69) is 5.32 Å². The third-order valence-electron chi connectivity index (χ3n) is 1.26. The SMILES string of the molecule is CC1=CNC=C(C(F)(F)F)[CH]1.